The summed E-state index contributed by atoms with van der Waals surface area (Å²) in [5, 5.41) is 3.42. The third-order valence-corrected chi connectivity index (χ3v) is 4.71. The Morgan fingerprint density at radius 1 is 1.00 bits per heavy atom. The number of nitrogens with one attached hydrogen (secondary N) is 1. The molecule has 3 heteroatoms. The van der Waals surface area contributed by atoms with Crippen LogP contribution >= 0.6 is 15.9 Å². The molecule has 0 fully saturated rings. The van der Waals surface area contributed by atoms with Crippen molar-refractivity contribution in [2.75, 3.05) is 14.2 Å². The standard InChI is InChI=1S/C18H22BrNO/c1-11-6-7-12(2)14(8-11)18(20-4)15-10-16(19)13(3)9-17(15)21-5/h6-10,18,20H,1-5H3. The van der Waals surface area contributed by atoms with Crippen LogP contribution < -0.4 is 10.1 Å². The molecule has 112 valence electrons. The lowest BCUT2D eigenvalue weighted by molar-refractivity contribution is 0.405. The number of benzene rings is 2. The average Bonchev–Trinajstić information content (AvgIpc) is 2.46. The molecule has 0 saturated carbocycles. The average molecular weight is 348 g/mol. The quantitative estimate of drug-likeness (QED) is 0.865. The van der Waals surface area contributed by atoms with Gasteiger partial charge in [-0.3, -0.25) is 0 Å². The third kappa shape index (κ3) is 3.30. The summed E-state index contributed by atoms with van der Waals surface area (Å²) in [5.74, 6) is 0.913. The highest BCUT2D eigenvalue weighted by molar-refractivity contribution is 9.10. The summed E-state index contributed by atoms with van der Waals surface area (Å²) in [6, 6.07) is 10.9. The Morgan fingerprint density at radius 2 is 1.71 bits per heavy atom. The first-order valence-corrected chi connectivity index (χ1v) is 7.85. The van der Waals surface area contributed by atoms with E-state index in [1.54, 1.807) is 7.11 Å². The number of methoxy groups -OCH3 is 1. The highest BCUT2D eigenvalue weighted by atomic mass is 79.9. The lowest BCUT2D eigenvalue weighted by Gasteiger charge is -2.23. The fourth-order valence-electron chi connectivity index (χ4n) is 2.62. The number of halogens is 1. The predicted molar refractivity (Wildman–Crippen MR) is 92.2 cm³/mol. The van der Waals surface area contributed by atoms with Crippen molar-refractivity contribution in [2.24, 2.45) is 0 Å². The molecule has 1 atom stereocenters. The maximum Gasteiger partial charge on any atom is 0.124 e. The molecule has 0 amide bonds. The molecular weight excluding hydrogens is 326 g/mol. The fourth-order valence-corrected chi connectivity index (χ4v) is 2.98. The van der Waals surface area contributed by atoms with Crippen molar-refractivity contribution in [1.29, 1.82) is 0 Å². The first-order valence-electron chi connectivity index (χ1n) is 7.06. The summed E-state index contributed by atoms with van der Waals surface area (Å²) in [6.07, 6.45) is 0. The van der Waals surface area contributed by atoms with E-state index in [-0.39, 0.29) is 6.04 Å². The van der Waals surface area contributed by atoms with Crippen LogP contribution in [0.4, 0.5) is 0 Å². The van der Waals surface area contributed by atoms with Crippen molar-refractivity contribution in [3.05, 3.63) is 62.6 Å². The molecule has 0 aliphatic rings. The Morgan fingerprint density at radius 3 is 2.33 bits per heavy atom. The number of aryl methyl sites for hydroxylation is 3. The van der Waals surface area contributed by atoms with Gasteiger partial charge in [-0.05, 0) is 56.6 Å². The molecule has 0 aromatic heterocycles. The van der Waals surface area contributed by atoms with Crippen LogP contribution in [0.3, 0.4) is 0 Å². The summed E-state index contributed by atoms with van der Waals surface area (Å²) < 4.78 is 6.70. The molecule has 0 spiro atoms. The molecule has 0 aliphatic heterocycles. The summed E-state index contributed by atoms with van der Waals surface area (Å²) in [7, 11) is 3.71. The molecule has 1 N–H and O–H groups in total. The number of rotatable bonds is 4. The summed E-state index contributed by atoms with van der Waals surface area (Å²) in [5.41, 5.74) is 6.14. The Kier molecular flexibility index (Phi) is 5.07. The highest BCUT2D eigenvalue weighted by Gasteiger charge is 2.19. The third-order valence-electron chi connectivity index (χ3n) is 3.86. The summed E-state index contributed by atoms with van der Waals surface area (Å²) in [4.78, 5) is 0. The van der Waals surface area contributed by atoms with Crippen molar-refractivity contribution >= 4 is 15.9 Å². The van der Waals surface area contributed by atoms with Gasteiger partial charge in [0.2, 0.25) is 0 Å². The van der Waals surface area contributed by atoms with Gasteiger partial charge < -0.3 is 10.1 Å². The molecule has 0 radical (unpaired) electrons. The molecule has 2 aromatic rings. The minimum atomic E-state index is 0.108. The van der Waals surface area contributed by atoms with Gasteiger partial charge in [0.05, 0.1) is 13.2 Å². The minimum Gasteiger partial charge on any atom is -0.496 e. The van der Waals surface area contributed by atoms with Gasteiger partial charge >= 0.3 is 0 Å². The Bertz CT molecular complexity index is 652. The number of hydrogen-bond acceptors (Lipinski definition) is 2. The lowest BCUT2D eigenvalue weighted by Crippen LogP contribution is -2.19. The van der Waals surface area contributed by atoms with E-state index < -0.39 is 0 Å². The van der Waals surface area contributed by atoms with E-state index in [1.807, 2.05) is 7.05 Å². The first-order chi connectivity index (χ1) is 9.97. The second-order valence-corrected chi connectivity index (χ2v) is 6.28. The van der Waals surface area contributed by atoms with Gasteiger partial charge in [-0.15, -0.1) is 0 Å². The van der Waals surface area contributed by atoms with E-state index in [4.69, 9.17) is 4.74 Å². The molecule has 0 saturated heterocycles. The van der Waals surface area contributed by atoms with E-state index in [0.29, 0.717) is 0 Å². The van der Waals surface area contributed by atoms with Gasteiger partial charge in [0.1, 0.15) is 5.75 Å². The number of ether oxygens (including phenoxy) is 1. The molecule has 2 aromatic carbocycles. The van der Waals surface area contributed by atoms with Gasteiger partial charge in [0, 0.05) is 10.0 Å². The van der Waals surface area contributed by atoms with E-state index >= 15 is 0 Å². The lowest BCUT2D eigenvalue weighted by atomic mass is 9.92. The van der Waals surface area contributed by atoms with Crippen LogP contribution in [-0.4, -0.2) is 14.2 Å². The van der Waals surface area contributed by atoms with E-state index in [1.165, 1.54) is 22.3 Å². The van der Waals surface area contributed by atoms with Crippen molar-refractivity contribution in [3.8, 4) is 5.75 Å². The topological polar surface area (TPSA) is 21.3 Å². The zero-order chi connectivity index (χ0) is 15.6. The molecule has 2 nitrogen and oxygen atoms in total. The fraction of sp³-hybridized carbons (Fsp3) is 0.333. The Labute approximate surface area is 135 Å². The SMILES string of the molecule is CNC(c1cc(C)ccc1C)c1cc(Br)c(C)cc1OC. The van der Waals surface area contributed by atoms with Gasteiger partial charge in [-0.25, -0.2) is 0 Å². The van der Waals surface area contributed by atoms with Crippen LogP contribution in [-0.2, 0) is 0 Å². The minimum absolute atomic E-state index is 0.108. The van der Waals surface area contributed by atoms with Crippen LogP contribution in [0, 0.1) is 20.8 Å². The maximum atomic E-state index is 5.59. The van der Waals surface area contributed by atoms with Gasteiger partial charge in [0.15, 0.2) is 0 Å². The monoisotopic (exact) mass is 347 g/mol. The molecular formula is C18H22BrNO. The maximum absolute atomic E-state index is 5.59. The largest absolute Gasteiger partial charge is 0.496 e. The van der Waals surface area contributed by atoms with Crippen LogP contribution in [0.1, 0.15) is 33.9 Å². The van der Waals surface area contributed by atoms with Crippen LogP contribution in [0.5, 0.6) is 5.75 Å². The van der Waals surface area contributed by atoms with Crippen LogP contribution in [0.25, 0.3) is 0 Å². The molecule has 21 heavy (non-hydrogen) atoms. The van der Waals surface area contributed by atoms with Crippen molar-refractivity contribution in [3.63, 3.8) is 0 Å². The van der Waals surface area contributed by atoms with Crippen LogP contribution in [0.2, 0.25) is 0 Å². The van der Waals surface area contributed by atoms with E-state index in [0.717, 1.165) is 15.8 Å². The second-order valence-electron chi connectivity index (χ2n) is 5.43. The normalized spacial score (nSPS) is 12.3. The van der Waals surface area contributed by atoms with Crippen molar-refractivity contribution in [2.45, 2.75) is 26.8 Å². The summed E-state index contributed by atoms with van der Waals surface area (Å²) >= 11 is 3.63. The van der Waals surface area contributed by atoms with Gasteiger partial charge in [-0.2, -0.15) is 0 Å². The van der Waals surface area contributed by atoms with E-state index in [9.17, 15) is 0 Å². The Balaban J connectivity index is 2.61. The smallest absolute Gasteiger partial charge is 0.124 e. The molecule has 0 heterocycles. The first kappa shape index (κ1) is 16.1. The van der Waals surface area contributed by atoms with Crippen LogP contribution in [0.15, 0.2) is 34.8 Å². The molecule has 2 rings (SSSR count). The number of hydrogen-bond donors (Lipinski definition) is 1. The summed E-state index contributed by atoms with van der Waals surface area (Å²) in [6.45, 7) is 6.34. The van der Waals surface area contributed by atoms with E-state index in [2.05, 4.69) is 72.3 Å². The molecule has 0 aliphatic carbocycles. The second kappa shape index (κ2) is 6.63. The Hall–Kier alpha value is -1.32. The molecule has 1 unspecified atom stereocenters. The predicted octanol–water partition coefficient (Wildman–Crippen LogP) is 4.69. The van der Waals surface area contributed by atoms with Gasteiger partial charge in [-0.1, -0.05) is 39.7 Å². The molecule has 0 bridgehead atoms. The zero-order valence-corrected chi connectivity index (χ0v) is 14.8. The zero-order valence-electron chi connectivity index (χ0n) is 13.3. The van der Waals surface area contributed by atoms with Crippen molar-refractivity contribution < 1.29 is 4.74 Å². The highest BCUT2D eigenvalue weighted by Crippen LogP contribution is 2.35. The van der Waals surface area contributed by atoms with Gasteiger partial charge in [0.25, 0.3) is 0 Å². The van der Waals surface area contributed by atoms with Crippen molar-refractivity contribution in [1.82, 2.24) is 5.32 Å².